The fourth-order valence-corrected chi connectivity index (χ4v) is 2.47. The largest absolute Gasteiger partial charge is 0.333 e. The number of aryl methyl sites for hydroxylation is 1. The third-order valence-electron chi connectivity index (χ3n) is 4.11. The van der Waals surface area contributed by atoms with E-state index in [2.05, 4.69) is 12.2 Å². The SMILES string of the molecule is Cc1ccc(NC(=O)CN(C)C(=O)C[NH2+][C@@H](C)c2ccccc2)cc1. The van der Waals surface area contributed by atoms with Crippen LogP contribution in [-0.4, -0.2) is 36.9 Å². The number of hydrogen-bond donors (Lipinski definition) is 2. The van der Waals surface area contributed by atoms with E-state index in [1.807, 2.05) is 66.8 Å². The number of anilines is 1. The van der Waals surface area contributed by atoms with Gasteiger partial charge in [0.1, 0.15) is 6.04 Å². The second-order valence-corrected chi connectivity index (χ2v) is 6.30. The number of nitrogens with zero attached hydrogens (tertiary/aromatic N) is 1. The molecular weight excluding hydrogens is 314 g/mol. The zero-order valence-electron chi connectivity index (χ0n) is 15.0. The van der Waals surface area contributed by atoms with Gasteiger partial charge in [-0.25, -0.2) is 0 Å². The summed E-state index contributed by atoms with van der Waals surface area (Å²) >= 11 is 0. The van der Waals surface area contributed by atoms with Crippen LogP contribution >= 0.6 is 0 Å². The van der Waals surface area contributed by atoms with E-state index in [0.29, 0.717) is 6.54 Å². The number of nitrogens with two attached hydrogens (primary N) is 1. The lowest BCUT2D eigenvalue weighted by atomic mass is 10.1. The van der Waals surface area contributed by atoms with Crippen molar-refractivity contribution < 1.29 is 14.9 Å². The van der Waals surface area contributed by atoms with E-state index >= 15 is 0 Å². The zero-order chi connectivity index (χ0) is 18.2. The first-order chi connectivity index (χ1) is 12.0. The van der Waals surface area contributed by atoms with E-state index in [9.17, 15) is 9.59 Å². The number of benzene rings is 2. The summed E-state index contributed by atoms with van der Waals surface area (Å²) in [6, 6.07) is 17.8. The van der Waals surface area contributed by atoms with Crippen LogP contribution in [0.2, 0.25) is 0 Å². The maximum absolute atomic E-state index is 12.2. The first-order valence-electron chi connectivity index (χ1n) is 8.44. The van der Waals surface area contributed by atoms with E-state index in [-0.39, 0.29) is 24.4 Å². The number of rotatable bonds is 7. The molecule has 0 heterocycles. The molecule has 3 N–H and O–H groups in total. The summed E-state index contributed by atoms with van der Waals surface area (Å²) in [5, 5.41) is 4.78. The third kappa shape index (κ3) is 6.04. The summed E-state index contributed by atoms with van der Waals surface area (Å²) in [4.78, 5) is 25.7. The third-order valence-corrected chi connectivity index (χ3v) is 4.11. The van der Waals surface area contributed by atoms with Crippen LogP contribution in [0.1, 0.15) is 24.1 Å². The summed E-state index contributed by atoms with van der Waals surface area (Å²) in [6.07, 6.45) is 0. The molecule has 0 aliphatic rings. The summed E-state index contributed by atoms with van der Waals surface area (Å²) in [6.45, 7) is 4.41. The van der Waals surface area contributed by atoms with E-state index in [1.54, 1.807) is 7.05 Å². The van der Waals surface area contributed by atoms with Crippen molar-refractivity contribution in [1.82, 2.24) is 4.90 Å². The highest BCUT2D eigenvalue weighted by atomic mass is 16.2. The van der Waals surface area contributed by atoms with Gasteiger partial charge >= 0.3 is 0 Å². The molecule has 0 saturated carbocycles. The van der Waals surface area contributed by atoms with Gasteiger partial charge in [0.25, 0.3) is 5.91 Å². The Morgan fingerprint density at radius 3 is 2.36 bits per heavy atom. The van der Waals surface area contributed by atoms with Crippen molar-refractivity contribution in [2.45, 2.75) is 19.9 Å². The quantitative estimate of drug-likeness (QED) is 0.806. The van der Waals surface area contributed by atoms with Crippen molar-refractivity contribution in [3.63, 3.8) is 0 Å². The fourth-order valence-electron chi connectivity index (χ4n) is 2.47. The molecular formula is C20H26N3O2+. The molecule has 132 valence electrons. The van der Waals surface area contributed by atoms with Gasteiger partial charge in [0.15, 0.2) is 6.54 Å². The summed E-state index contributed by atoms with van der Waals surface area (Å²) in [5.74, 6) is -0.266. The number of amides is 2. The number of quaternary nitrogens is 1. The number of carbonyl (C=O) groups excluding carboxylic acids is 2. The minimum absolute atomic E-state index is 0.0419. The molecule has 2 amide bonds. The molecule has 5 heteroatoms. The van der Waals surface area contributed by atoms with Crippen LogP contribution in [0.15, 0.2) is 54.6 Å². The lowest BCUT2D eigenvalue weighted by Crippen LogP contribution is -2.87. The Kier molecular flexibility index (Phi) is 6.71. The molecule has 0 fully saturated rings. The van der Waals surface area contributed by atoms with Crippen molar-refractivity contribution in [1.29, 1.82) is 0 Å². The molecule has 0 unspecified atom stereocenters. The summed E-state index contributed by atoms with van der Waals surface area (Å²) in [5.41, 5.74) is 3.05. The van der Waals surface area contributed by atoms with Gasteiger partial charge in [0.05, 0.1) is 6.54 Å². The molecule has 0 aliphatic heterocycles. The second kappa shape index (κ2) is 8.99. The van der Waals surface area contributed by atoms with E-state index < -0.39 is 0 Å². The highest BCUT2D eigenvalue weighted by Crippen LogP contribution is 2.08. The van der Waals surface area contributed by atoms with E-state index in [4.69, 9.17) is 0 Å². The Balaban J connectivity index is 1.77. The molecule has 2 aromatic carbocycles. The Morgan fingerprint density at radius 2 is 1.72 bits per heavy atom. The number of likely N-dealkylation sites (N-methyl/N-ethyl adjacent to an activating group) is 1. The van der Waals surface area contributed by atoms with Crippen LogP contribution in [0.3, 0.4) is 0 Å². The predicted molar refractivity (Wildman–Crippen MR) is 99.1 cm³/mol. The average molecular weight is 340 g/mol. The Labute approximate surface area is 149 Å². The van der Waals surface area contributed by atoms with Crippen LogP contribution in [0.5, 0.6) is 0 Å². The molecule has 25 heavy (non-hydrogen) atoms. The normalized spacial score (nSPS) is 11.6. The molecule has 1 atom stereocenters. The molecule has 0 aromatic heterocycles. The van der Waals surface area contributed by atoms with Gasteiger partial charge in [0.2, 0.25) is 5.91 Å². The lowest BCUT2D eigenvalue weighted by molar-refractivity contribution is -0.683. The Bertz CT molecular complexity index is 699. The Hall–Kier alpha value is -2.66. The van der Waals surface area contributed by atoms with Crippen molar-refractivity contribution in [2.24, 2.45) is 0 Å². The van der Waals surface area contributed by atoms with Gasteiger partial charge in [0, 0.05) is 18.3 Å². The molecule has 2 aromatic rings. The zero-order valence-corrected chi connectivity index (χ0v) is 15.0. The summed E-state index contributed by atoms with van der Waals surface area (Å²) < 4.78 is 0. The van der Waals surface area contributed by atoms with E-state index in [1.165, 1.54) is 10.5 Å². The minimum Gasteiger partial charge on any atom is -0.333 e. The van der Waals surface area contributed by atoms with Crippen molar-refractivity contribution >= 4 is 17.5 Å². The van der Waals surface area contributed by atoms with Gasteiger partial charge in [-0.3, -0.25) is 9.59 Å². The van der Waals surface area contributed by atoms with Gasteiger partial charge in [-0.05, 0) is 26.0 Å². The Morgan fingerprint density at radius 1 is 1.08 bits per heavy atom. The highest BCUT2D eigenvalue weighted by Gasteiger charge is 2.16. The first kappa shape index (κ1) is 18.7. The molecule has 2 rings (SSSR count). The van der Waals surface area contributed by atoms with Crippen molar-refractivity contribution in [3.8, 4) is 0 Å². The standard InChI is InChI=1S/C20H25N3O2/c1-15-9-11-18(12-10-15)22-19(24)14-23(3)20(25)13-21-16(2)17-7-5-4-6-8-17/h4-12,16,21H,13-14H2,1-3H3,(H,22,24)/p+1/t16-/m0/s1. The lowest BCUT2D eigenvalue weighted by Gasteiger charge is -2.17. The number of nitrogens with one attached hydrogen (secondary N) is 1. The molecule has 0 aliphatic carbocycles. The molecule has 0 bridgehead atoms. The van der Waals surface area contributed by atoms with Gasteiger partial charge in [-0.2, -0.15) is 0 Å². The van der Waals surface area contributed by atoms with Gasteiger partial charge in [-0.15, -0.1) is 0 Å². The van der Waals surface area contributed by atoms with Crippen LogP contribution in [0, 0.1) is 6.92 Å². The molecule has 0 saturated heterocycles. The molecule has 5 nitrogen and oxygen atoms in total. The van der Waals surface area contributed by atoms with Crippen LogP contribution in [0.25, 0.3) is 0 Å². The van der Waals surface area contributed by atoms with Crippen LogP contribution < -0.4 is 10.6 Å². The minimum atomic E-state index is -0.198. The summed E-state index contributed by atoms with van der Waals surface area (Å²) in [7, 11) is 1.65. The van der Waals surface area contributed by atoms with Crippen molar-refractivity contribution in [2.75, 3.05) is 25.5 Å². The van der Waals surface area contributed by atoms with Gasteiger partial charge < -0.3 is 15.5 Å². The molecule has 0 radical (unpaired) electrons. The number of hydrogen-bond acceptors (Lipinski definition) is 2. The average Bonchev–Trinajstić information content (AvgIpc) is 2.62. The van der Waals surface area contributed by atoms with E-state index in [0.717, 1.165) is 11.3 Å². The monoisotopic (exact) mass is 340 g/mol. The second-order valence-electron chi connectivity index (χ2n) is 6.30. The smallest absolute Gasteiger partial charge is 0.277 e. The number of carbonyl (C=O) groups is 2. The van der Waals surface area contributed by atoms with Crippen LogP contribution in [-0.2, 0) is 9.59 Å². The maximum atomic E-state index is 12.2. The van der Waals surface area contributed by atoms with Gasteiger partial charge in [-0.1, -0.05) is 48.0 Å². The fraction of sp³-hybridized carbons (Fsp3) is 0.300. The highest BCUT2D eigenvalue weighted by molar-refractivity contribution is 5.94. The van der Waals surface area contributed by atoms with Crippen molar-refractivity contribution in [3.05, 3.63) is 65.7 Å². The van der Waals surface area contributed by atoms with Crippen LogP contribution in [0.4, 0.5) is 5.69 Å². The maximum Gasteiger partial charge on any atom is 0.277 e. The molecule has 0 spiro atoms. The topological polar surface area (TPSA) is 66.0 Å². The first-order valence-corrected chi connectivity index (χ1v) is 8.44. The predicted octanol–water partition coefficient (Wildman–Crippen LogP) is 1.72.